The number of benzene rings is 2. The van der Waals surface area contributed by atoms with Crippen LogP contribution in [0.15, 0.2) is 36.4 Å². The van der Waals surface area contributed by atoms with E-state index in [0.29, 0.717) is 18.9 Å². The van der Waals surface area contributed by atoms with Crippen molar-refractivity contribution in [1.82, 2.24) is 0 Å². The van der Waals surface area contributed by atoms with Gasteiger partial charge in [0.15, 0.2) is 0 Å². The number of ether oxygens (including phenoxy) is 1. The van der Waals surface area contributed by atoms with Gasteiger partial charge in [-0.2, -0.15) is 0 Å². The molecule has 2 aromatic rings. The third-order valence-corrected chi connectivity index (χ3v) is 4.53. The number of nitrogens with one attached hydrogen (secondary N) is 1. The Bertz CT molecular complexity index is 747. The molecule has 126 valence electrons. The summed E-state index contributed by atoms with van der Waals surface area (Å²) in [7, 11) is 0. The van der Waals surface area contributed by atoms with Gasteiger partial charge in [-0.1, -0.05) is 36.8 Å². The molecule has 1 amide bonds. The molecule has 1 saturated carbocycles. The van der Waals surface area contributed by atoms with Crippen molar-refractivity contribution in [2.24, 2.45) is 0 Å². The van der Waals surface area contributed by atoms with E-state index in [4.69, 9.17) is 4.74 Å². The molecular weight excluding hydrogens is 298 g/mol. The van der Waals surface area contributed by atoms with E-state index in [2.05, 4.69) is 37.4 Å². The summed E-state index contributed by atoms with van der Waals surface area (Å²) in [6, 6.07) is 12.4. The number of carbonyl (C=O) groups is 1. The Balaban J connectivity index is 1.85. The SMILES string of the molecule is CCC(=O)Nc1cccc(C2CC2)c1COc1ccc(C)cc1C. The van der Waals surface area contributed by atoms with Crippen molar-refractivity contribution in [3.63, 3.8) is 0 Å². The summed E-state index contributed by atoms with van der Waals surface area (Å²) >= 11 is 0. The fourth-order valence-corrected chi connectivity index (χ4v) is 3.01. The molecule has 3 nitrogen and oxygen atoms in total. The molecule has 0 aliphatic heterocycles. The number of aryl methyl sites for hydroxylation is 2. The van der Waals surface area contributed by atoms with E-state index < -0.39 is 0 Å². The summed E-state index contributed by atoms with van der Waals surface area (Å²) in [6.07, 6.45) is 2.93. The average molecular weight is 323 g/mol. The van der Waals surface area contributed by atoms with Crippen LogP contribution >= 0.6 is 0 Å². The van der Waals surface area contributed by atoms with E-state index in [1.165, 1.54) is 24.0 Å². The van der Waals surface area contributed by atoms with Crippen LogP contribution in [-0.2, 0) is 11.4 Å². The van der Waals surface area contributed by atoms with Gasteiger partial charge >= 0.3 is 0 Å². The molecule has 24 heavy (non-hydrogen) atoms. The minimum atomic E-state index is 0.0377. The molecule has 3 rings (SSSR count). The third-order valence-electron chi connectivity index (χ3n) is 4.53. The Labute approximate surface area is 144 Å². The lowest BCUT2D eigenvalue weighted by molar-refractivity contribution is -0.115. The van der Waals surface area contributed by atoms with Crippen molar-refractivity contribution in [2.45, 2.75) is 52.6 Å². The summed E-state index contributed by atoms with van der Waals surface area (Å²) in [5, 5.41) is 3.02. The van der Waals surface area contributed by atoms with Crippen molar-refractivity contribution in [3.8, 4) is 5.75 Å². The Hall–Kier alpha value is -2.29. The molecular formula is C21H25NO2. The maximum absolute atomic E-state index is 11.8. The van der Waals surface area contributed by atoms with Crippen LogP contribution in [-0.4, -0.2) is 5.91 Å². The van der Waals surface area contributed by atoms with Gasteiger partial charge in [0.2, 0.25) is 5.91 Å². The van der Waals surface area contributed by atoms with Crippen LogP contribution in [0.3, 0.4) is 0 Å². The first kappa shape index (κ1) is 16.6. The highest BCUT2D eigenvalue weighted by atomic mass is 16.5. The number of rotatable bonds is 6. The molecule has 0 aromatic heterocycles. The first-order valence-corrected chi connectivity index (χ1v) is 8.70. The van der Waals surface area contributed by atoms with Gasteiger partial charge in [0.1, 0.15) is 12.4 Å². The van der Waals surface area contributed by atoms with Gasteiger partial charge in [-0.3, -0.25) is 4.79 Å². The van der Waals surface area contributed by atoms with Crippen LogP contribution in [0.2, 0.25) is 0 Å². The molecule has 0 atom stereocenters. The molecule has 3 heteroatoms. The highest BCUT2D eigenvalue weighted by molar-refractivity contribution is 5.91. The van der Waals surface area contributed by atoms with Gasteiger partial charge < -0.3 is 10.1 Å². The lowest BCUT2D eigenvalue weighted by Crippen LogP contribution is -2.13. The van der Waals surface area contributed by atoms with Crippen molar-refractivity contribution < 1.29 is 9.53 Å². The zero-order valence-electron chi connectivity index (χ0n) is 14.7. The van der Waals surface area contributed by atoms with Gasteiger partial charge in [-0.05, 0) is 55.9 Å². The second kappa shape index (κ2) is 7.08. The Morgan fingerprint density at radius 1 is 1.21 bits per heavy atom. The molecule has 0 spiro atoms. The smallest absolute Gasteiger partial charge is 0.224 e. The van der Waals surface area contributed by atoms with Gasteiger partial charge in [-0.15, -0.1) is 0 Å². The molecule has 0 saturated heterocycles. The maximum atomic E-state index is 11.8. The van der Waals surface area contributed by atoms with E-state index in [1.807, 2.05) is 25.1 Å². The van der Waals surface area contributed by atoms with Crippen molar-refractivity contribution in [2.75, 3.05) is 5.32 Å². The van der Waals surface area contributed by atoms with Crippen molar-refractivity contribution >= 4 is 11.6 Å². The van der Waals surface area contributed by atoms with Gasteiger partial charge in [0, 0.05) is 17.7 Å². The predicted octanol–water partition coefficient (Wildman–Crippen LogP) is 5.11. The molecule has 1 aliphatic carbocycles. The Kier molecular flexibility index (Phi) is 4.89. The normalized spacial score (nSPS) is 13.6. The fourth-order valence-electron chi connectivity index (χ4n) is 3.01. The Morgan fingerprint density at radius 2 is 2.00 bits per heavy atom. The molecule has 0 radical (unpaired) electrons. The number of amides is 1. The second-order valence-electron chi connectivity index (χ2n) is 6.61. The highest BCUT2D eigenvalue weighted by Crippen LogP contribution is 2.43. The standard InChI is InChI=1S/C21H25NO2/c1-4-21(23)22-19-7-5-6-17(16-9-10-16)18(19)13-24-20-11-8-14(2)12-15(20)3/h5-8,11-12,16H,4,9-10,13H2,1-3H3,(H,22,23). The van der Waals surface area contributed by atoms with Crippen LogP contribution in [0.4, 0.5) is 5.69 Å². The zero-order valence-corrected chi connectivity index (χ0v) is 14.7. The van der Waals surface area contributed by atoms with Crippen LogP contribution in [0.25, 0.3) is 0 Å². The molecule has 0 unspecified atom stereocenters. The van der Waals surface area contributed by atoms with Crippen molar-refractivity contribution in [3.05, 3.63) is 58.7 Å². The summed E-state index contributed by atoms with van der Waals surface area (Å²) in [5.74, 6) is 1.55. The average Bonchev–Trinajstić information content (AvgIpc) is 3.39. The maximum Gasteiger partial charge on any atom is 0.224 e. The quantitative estimate of drug-likeness (QED) is 0.802. The Morgan fingerprint density at radius 3 is 2.67 bits per heavy atom. The monoisotopic (exact) mass is 323 g/mol. The topological polar surface area (TPSA) is 38.3 Å². The zero-order chi connectivity index (χ0) is 17.1. The highest BCUT2D eigenvalue weighted by Gasteiger charge is 2.27. The van der Waals surface area contributed by atoms with Gasteiger partial charge in [0.25, 0.3) is 0 Å². The summed E-state index contributed by atoms with van der Waals surface area (Å²) in [4.78, 5) is 11.8. The molecule has 0 bridgehead atoms. The van der Waals surface area contributed by atoms with Crippen LogP contribution in [0.1, 0.15) is 54.4 Å². The number of carbonyl (C=O) groups excluding carboxylic acids is 1. The molecule has 1 fully saturated rings. The number of hydrogen-bond donors (Lipinski definition) is 1. The second-order valence-corrected chi connectivity index (χ2v) is 6.61. The number of anilines is 1. The van der Waals surface area contributed by atoms with Gasteiger partial charge in [-0.25, -0.2) is 0 Å². The molecule has 0 heterocycles. The summed E-state index contributed by atoms with van der Waals surface area (Å²) < 4.78 is 6.10. The van der Waals surface area contributed by atoms with E-state index in [1.54, 1.807) is 0 Å². The van der Waals surface area contributed by atoms with Crippen LogP contribution in [0, 0.1) is 13.8 Å². The van der Waals surface area contributed by atoms with E-state index in [-0.39, 0.29) is 5.91 Å². The van der Waals surface area contributed by atoms with Gasteiger partial charge in [0.05, 0.1) is 0 Å². The lowest BCUT2D eigenvalue weighted by Gasteiger charge is -2.17. The van der Waals surface area contributed by atoms with E-state index in [0.717, 1.165) is 22.6 Å². The minimum Gasteiger partial charge on any atom is -0.489 e. The largest absolute Gasteiger partial charge is 0.489 e. The van der Waals surface area contributed by atoms with E-state index >= 15 is 0 Å². The first-order chi connectivity index (χ1) is 11.6. The lowest BCUT2D eigenvalue weighted by atomic mass is 10.0. The predicted molar refractivity (Wildman–Crippen MR) is 97.6 cm³/mol. The molecule has 1 aliphatic rings. The summed E-state index contributed by atoms with van der Waals surface area (Å²) in [5.41, 5.74) is 5.68. The first-order valence-electron chi connectivity index (χ1n) is 8.70. The number of hydrogen-bond acceptors (Lipinski definition) is 2. The third kappa shape index (κ3) is 3.78. The molecule has 1 N–H and O–H groups in total. The minimum absolute atomic E-state index is 0.0377. The summed E-state index contributed by atoms with van der Waals surface area (Å²) in [6.45, 7) is 6.49. The molecule has 2 aromatic carbocycles. The fraction of sp³-hybridized carbons (Fsp3) is 0.381. The van der Waals surface area contributed by atoms with Crippen molar-refractivity contribution in [1.29, 1.82) is 0 Å². The van der Waals surface area contributed by atoms with E-state index in [9.17, 15) is 4.79 Å². The van der Waals surface area contributed by atoms with Crippen LogP contribution < -0.4 is 10.1 Å². The van der Waals surface area contributed by atoms with Crippen LogP contribution in [0.5, 0.6) is 5.75 Å².